The third-order valence-electron chi connectivity index (χ3n) is 2.24. The van der Waals surface area contributed by atoms with Gasteiger partial charge in [-0.3, -0.25) is 0 Å². The Morgan fingerprint density at radius 3 is 2.87 bits per heavy atom. The van der Waals surface area contributed by atoms with Crippen molar-refractivity contribution in [1.29, 1.82) is 0 Å². The molecule has 0 bridgehead atoms. The second-order valence-corrected chi connectivity index (χ2v) is 3.25. The van der Waals surface area contributed by atoms with Gasteiger partial charge in [-0.15, -0.1) is 0 Å². The van der Waals surface area contributed by atoms with Crippen molar-refractivity contribution < 1.29 is 19.0 Å². The topological polar surface area (TPSA) is 64.7 Å². The molecule has 1 aliphatic heterocycles. The zero-order valence-corrected chi connectivity index (χ0v) is 8.12. The van der Waals surface area contributed by atoms with Crippen LogP contribution in [-0.2, 0) is 6.42 Å². The maximum absolute atomic E-state index is 13.5. The fraction of sp³-hybridized carbons (Fsp3) is 0.400. The normalized spacial score (nSPS) is 14.0. The number of phenols is 1. The minimum Gasteiger partial charge on any atom is -0.505 e. The van der Waals surface area contributed by atoms with Crippen LogP contribution < -0.4 is 15.2 Å². The molecule has 0 saturated heterocycles. The van der Waals surface area contributed by atoms with E-state index in [1.54, 1.807) is 0 Å². The molecule has 15 heavy (non-hydrogen) atoms. The van der Waals surface area contributed by atoms with E-state index in [9.17, 15) is 9.50 Å². The third-order valence-corrected chi connectivity index (χ3v) is 2.24. The fourth-order valence-electron chi connectivity index (χ4n) is 1.58. The molecule has 0 amide bonds. The smallest absolute Gasteiger partial charge is 0.172 e. The number of nitrogens with two attached hydrogens (primary N) is 1. The molecule has 0 fully saturated rings. The van der Waals surface area contributed by atoms with E-state index in [0.29, 0.717) is 31.1 Å². The lowest BCUT2D eigenvalue weighted by atomic mass is 10.1. The summed E-state index contributed by atoms with van der Waals surface area (Å²) < 4.78 is 24.1. The van der Waals surface area contributed by atoms with E-state index in [1.165, 1.54) is 6.07 Å². The van der Waals surface area contributed by atoms with E-state index in [-0.39, 0.29) is 12.1 Å². The van der Waals surface area contributed by atoms with Crippen molar-refractivity contribution >= 4 is 0 Å². The summed E-state index contributed by atoms with van der Waals surface area (Å²) >= 11 is 0. The summed E-state index contributed by atoms with van der Waals surface area (Å²) in [7, 11) is 0. The number of halogens is 1. The maximum atomic E-state index is 13.5. The predicted octanol–water partition coefficient (Wildman–Crippen LogP) is 0.804. The Labute approximate surface area is 86.4 Å². The fourth-order valence-corrected chi connectivity index (χ4v) is 1.58. The highest BCUT2D eigenvalue weighted by molar-refractivity contribution is 5.53. The lowest BCUT2D eigenvalue weighted by molar-refractivity contribution is 0.167. The minimum atomic E-state index is -0.676. The van der Waals surface area contributed by atoms with E-state index < -0.39 is 11.6 Å². The van der Waals surface area contributed by atoms with Crippen LogP contribution in [0.25, 0.3) is 0 Å². The second-order valence-electron chi connectivity index (χ2n) is 3.25. The van der Waals surface area contributed by atoms with Crippen molar-refractivity contribution in [1.82, 2.24) is 0 Å². The Hall–Kier alpha value is -1.49. The van der Waals surface area contributed by atoms with Crippen LogP contribution in [0.5, 0.6) is 17.2 Å². The average Bonchev–Trinajstić information content (AvgIpc) is 2.25. The molecule has 1 aromatic rings. The number of hydrogen-bond acceptors (Lipinski definition) is 4. The van der Waals surface area contributed by atoms with Crippen molar-refractivity contribution in [3.05, 3.63) is 17.4 Å². The Balaban J connectivity index is 2.52. The predicted molar refractivity (Wildman–Crippen MR) is 51.8 cm³/mol. The summed E-state index contributed by atoms with van der Waals surface area (Å²) in [5.74, 6) is -0.363. The Bertz CT molecular complexity index is 381. The van der Waals surface area contributed by atoms with Crippen LogP contribution >= 0.6 is 0 Å². The van der Waals surface area contributed by atoms with Gasteiger partial charge in [0.2, 0.25) is 0 Å². The zero-order chi connectivity index (χ0) is 10.8. The molecule has 0 saturated carbocycles. The Kier molecular flexibility index (Phi) is 2.64. The summed E-state index contributed by atoms with van der Waals surface area (Å²) in [4.78, 5) is 0. The van der Waals surface area contributed by atoms with Crippen LogP contribution in [0.15, 0.2) is 6.07 Å². The molecule has 1 aromatic carbocycles. The van der Waals surface area contributed by atoms with Gasteiger partial charge in [-0.2, -0.15) is 0 Å². The van der Waals surface area contributed by atoms with Crippen LogP contribution in [0, 0.1) is 5.82 Å². The molecule has 2 rings (SSSR count). The maximum Gasteiger partial charge on any atom is 0.172 e. The first-order chi connectivity index (χ1) is 7.24. The van der Waals surface area contributed by atoms with Crippen molar-refractivity contribution in [3.63, 3.8) is 0 Å². The SMILES string of the molecule is NCCc1c(F)c(O)cc2c1OCCO2. The molecule has 1 heterocycles. The van der Waals surface area contributed by atoms with Gasteiger partial charge < -0.3 is 20.3 Å². The van der Waals surface area contributed by atoms with E-state index in [0.717, 1.165) is 0 Å². The van der Waals surface area contributed by atoms with Crippen molar-refractivity contribution in [2.75, 3.05) is 19.8 Å². The average molecular weight is 213 g/mol. The zero-order valence-electron chi connectivity index (χ0n) is 8.12. The molecule has 4 nitrogen and oxygen atoms in total. The molecule has 0 atom stereocenters. The number of benzene rings is 1. The van der Waals surface area contributed by atoms with Gasteiger partial charge in [0.05, 0.1) is 0 Å². The van der Waals surface area contributed by atoms with Gasteiger partial charge in [-0.1, -0.05) is 0 Å². The molecule has 3 N–H and O–H groups in total. The van der Waals surface area contributed by atoms with Gasteiger partial charge in [-0.05, 0) is 13.0 Å². The van der Waals surface area contributed by atoms with E-state index in [4.69, 9.17) is 15.2 Å². The number of aromatic hydroxyl groups is 1. The summed E-state index contributed by atoms with van der Waals surface area (Å²) in [6.07, 6.45) is 0.311. The summed E-state index contributed by atoms with van der Waals surface area (Å²) in [5.41, 5.74) is 5.65. The molecule has 82 valence electrons. The van der Waals surface area contributed by atoms with Crippen molar-refractivity contribution in [2.24, 2.45) is 5.73 Å². The number of ether oxygens (including phenoxy) is 2. The lowest BCUT2D eigenvalue weighted by Gasteiger charge is -2.21. The first-order valence-corrected chi connectivity index (χ1v) is 4.74. The van der Waals surface area contributed by atoms with Crippen molar-refractivity contribution in [2.45, 2.75) is 6.42 Å². The van der Waals surface area contributed by atoms with Crippen LogP contribution in [-0.4, -0.2) is 24.9 Å². The number of rotatable bonds is 2. The highest BCUT2D eigenvalue weighted by Crippen LogP contribution is 2.39. The molecule has 1 aliphatic rings. The first kappa shape index (κ1) is 10.0. The van der Waals surface area contributed by atoms with Crippen LogP contribution in [0.3, 0.4) is 0 Å². The first-order valence-electron chi connectivity index (χ1n) is 4.74. The molecule has 0 unspecified atom stereocenters. The molecule has 0 aliphatic carbocycles. The van der Waals surface area contributed by atoms with Gasteiger partial charge in [0.25, 0.3) is 0 Å². The van der Waals surface area contributed by atoms with Gasteiger partial charge in [0, 0.05) is 11.6 Å². The molecular formula is C10H12FNO3. The van der Waals surface area contributed by atoms with Gasteiger partial charge in [0.15, 0.2) is 23.1 Å². The number of phenolic OH excluding ortho intramolecular Hbond substituents is 1. The summed E-state index contributed by atoms with van der Waals surface area (Å²) in [6, 6.07) is 1.23. The van der Waals surface area contributed by atoms with Gasteiger partial charge in [-0.25, -0.2) is 4.39 Å². The molecule has 5 heteroatoms. The highest BCUT2D eigenvalue weighted by Gasteiger charge is 2.22. The molecule has 0 aromatic heterocycles. The van der Waals surface area contributed by atoms with Crippen LogP contribution in [0.4, 0.5) is 4.39 Å². The Morgan fingerprint density at radius 2 is 2.13 bits per heavy atom. The highest BCUT2D eigenvalue weighted by atomic mass is 19.1. The number of hydrogen-bond donors (Lipinski definition) is 2. The summed E-state index contributed by atoms with van der Waals surface area (Å²) in [6.45, 7) is 1.07. The number of fused-ring (bicyclic) bond motifs is 1. The molecule has 0 radical (unpaired) electrons. The van der Waals surface area contributed by atoms with Gasteiger partial charge in [0.1, 0.15) is 13.2 Å². The van der Waals surface area contributed by atoms with E-state index in [2.05, 4.69) is 0 Å². The van der Waals surface area contributed by atoms with Crippen molar-refractivity contribution in [3.8, 4) is 17.2 Å². The quantitative estimate of drug-likeness (QED) is 0.762. The van der Waals surface area contributed by atoms with E-state index >= 15 is 0 Å². The summed E-state index contributed by atoms with van der Waals surface area (Å²) in [5, 5.41) is 9.33. The monoisotopic (exact) mass is 213 g/mol. The minimum absolute atomic E-state index is 0.284. The third kappa shape index (κ3) is 1.70. The largest absolute Gasteiger partial charge is 0.505 e. The Morgan fingerprint density at radius 1 is 1.40 bits per heavy atom. The van der Waals surface area contributed by atoms with Crippen LogP contribution in [0.2, 0.25) is 0 Å². The second kappa shape index (κ2) is 3.94. The van der Waals surface area contributed by atoms with Crippen LogP contribution in [0.1, 0.15) is 5.56 Å². The standard InChI is InChI=1S/C10H12FNO3/c11-9-6(1-2-12)10-8(5-7(9)13)14-3-4-15-10/h5,13H,1-4,12H2. The lowest BCUT2D eigenvalue weighted by Crippen LogP contribution is -2.18. The molecule has 0 spiro atoms. The molecular weight excluding hydrogens is 201 g/mol. The van der Waals surface area contributed by atoms with Gasteiger partial charge >= 0.3 is 0 Å². The van der Waals surface area contributed by atoms with E-state index in [1.807, 2.05) is 0 Å².